The number of hydrogen-bond donors (Lipinski definition) is 1. The summed E-state index contributed by atoms with van der Waals surface area (Å²) in [4.78, 5) is 17.6. The Kier molecular flexibility index (Phi) is 8.37. The summed E-state index contributed by atoms with van der Waals surface area (Å²) in [7, 11) is 2.21. The minimum Gasteiger partial charge on any atom is -0.446 e. The molecule has 0 bridgehead atoms. The number of carbonyl (C=O) groups is 1. The third-order valence-electron chi connectivity index (χ3n) is 7.76. The predicted octanol–water partition coefficient (Wildman–Crippen LogP) is 7.21. The number of carbonyl (C=O) groups excluding carboxylic acids is 1. The maximum Gasteiger partial charge on any atom is 0.411 e. The summed E-state index contributed by atoms with van der Waals surface area (Å²) in [5.74, 6) is 0. The van der Waals surface area contributed by atoms with Crippen molar-refractivity contribution in [1.29, 1.82) is 0 Å². The van der Waals surface area contributed by atoms with E-state index in [1.54, 1.807) is 0 Å². The van der Waals surface area contributed by atoms with Crippen LogP contribution in [0, 0.1) is 0 Å². The number of hydrogen-bond acceptors (Lipinski definition) is 4. The molecular weight excluding hydrogens is 470 g/mol. The van der Waals surface area contributed by atoms with Gasteiger partial charge in [0.15, 0.2) is 0 Å². The zero-order chi connectivity index (χ0) is 26.3. The van der Waals surface area contributed by atoms with E-state index >= 15 is 0 Å². The Balaban J connectivity index is 1.09. The summed E-state index contributed by atoms with van der Waals surface area (Å²) in [6, 6.07) is 33.5. The van der Waals surface area contributed by atoms with E-state index in [0.29, 0.717) is 6.04 Å². The van der Waals surface area contributed by atoms with Crippen LogP contribution in [0.4, 0.5) is 10.5 Å². The summed E-state index contributed by atoms with van der Waals surface area (Å²) in [6.45, 7) is 6.17. The number of rotatable bonds is 8. The van der Waals surface area contributed by atoms with Crippen molar-refractivity contribution in [3.8, 4) is 11.1 Å². The average molecular weight is 508 g/mol. The fraction of sp³-hybridized carbons (Fsp3) is 0.303. The molecule has 0 spiro atoms. The van der Waals surface area contributed by atoms with E-state index in [2.05, 4.69) is 71.6 Å². The van der Waals surface area contributed by atoms with Gasteiger partial charge in [0.1, 0.15) is 6.10 Å². The second kappa shape index (κ2) is 12.2. The molecule has 1 amide bonds. The fourth-order valence-electron chi connectivity index (χ4n) is 5.35. The van der Waals surface area contributed by atoms with Gasteiger partial charge >= 0.3 is 6.09 Å². The van der Waals surface area contributed by atoms with Crippen molar-refractivity contribution < 1.29 is 9.53 Å². The van der Waals surface area contributed by atoms with E-state index in [1.165, 1.54) is 16.3 Å². The molecule has 0 aromatic heterocycles. The zero-order valence-electron chi connectivity index (χ0n) is 22.3. The van der Waals surface area contributed by atoms with Gasteiger partial charge in [0.25, 0.3) is 0 Å². The molecule has 4 aromatic rings. The summed E-state index contributed by atoms with van der Waals surface area (Å²) < 4.78 is 5.81. The molecule has 1 N–H and O–H groups in total. The molecule has 196 valence electrons. The molecule has 1 aliphatic rings. The molecule has 5 rings (SSSR count). The number of amides is 1. The van der Waals surface area contributed by atoms with Gasteiger partial charge in [0.05, 0.1) is 5.69 Å². The number of benzene rings is 4. The Morgan fingerprint density at radius 2 is 1.61 bits per heavy atom. The Hall–Kier alpha value is -3.67. The Labute approximate surface area is 226 Å². The van der Waals surface area contributed by atoms with Crippen LogP contribution in [-0.2, 0) is 4.74 Å². The summed E-state index contributed by atoms with van der Waals surface area (Å²) in [6.07, 6.45) is 1.28. The van der Waals surface area contributed by atoms with Gasteiger partial charge in [-0.3, -0.25) is 10.2 Å². The molecule has 38 heavy (non-hydrogen) atoms. The van der Waals surface area contributed by atoms with Crippen LogP contribution in [0.2, 0.25) is 0 Å². The number of fused-ring (bicyclic) bond motifs is 1. The highest BCUT2D eigenvalue weighted by molar-refractivity contribution is 5.91. The molecule has 1 fully saturated rings. The van der Waals surface area contributed by atoms with Crippen LogP contribution < -0.4 is 5.32 Å². The second-order valence-corrected chi connectivity index (χ2v) is 10.2. The SMILES string of the molecule is CC(c1cccc2ccccc12)N(C)CCN1CCC(OC(=O)Nc2ccccc2-c2ccccc2)CC1. The van der Waals surface area contributed by atoms with E-state index in [4.69, 9.17) is 4.74 Å². The lowest BCUT2D eigenvalue weighted by atomic mass is 9.99. The van der Waals surface area contributed by atoms with Crippen LogP contribution in [0.25, 0.3) is 21.9 Å². The number of para-hydroxylation sites is 1. The lowest BCUT2D eigenvalue weighted by Crippen LogP contribution is -2.42. The molecule has 1 atom stereocenters. The summed E-state index contributed by atoms with van der Waals surface area (Å²) in [5.41, 5.74) is 4.19. The van der Waals surface area contributed by atoms with Crippen molar-refractivity contribution in [1.82, 2.24) is 9.80 Å². The van der Waals surface area contributed by atoms with Crippen LogP contribution in [0.15, 0.2) is 97.1 Å². The van der Waals surface area contributed by atoms with Gasteiger partial charge in [-0.05, 0) is 54.8 Å². The molecular formula is C33H37N3O2. The van der Waals surface area contributed by atoms with Crippen molar-refractivity contribution >= 4 is 22.6 Å². The normalized spacial score (nSPS) is 15.4. The number of anilines is 1. The minimum absolute atomic E-state index is 0.0533. The molecule has 1 saturated heterocycles. The monoisotopic (exact) mass is 507 g/mol. The first-order chi connectivity index (χ1) is 18.6. The van der Waals surface area contributed by atoms with E-state index < -0.39 is 0 Å². The summed E-state index contributed by atoms with van der Waals surface area (Å²) in [5, 5.41) is 5.59. The average Bonchev–Trinajstić information content (AvgIpc) is 2.96. The smallest absolute Gasteiger partial charge is 0.411 e. The van der Waals surface area contributed by atoms with Crippen LogP contribution >= 0.6 is 0 Å². The topological polar surface area (TPSA) is 44.8 Å². The van der Waals surface area contributed by atoms with Crippen molar-refractivity contribution in [2.75, 3.05) is 38.5 Å². The maximum atomic E-state index is 12.7. The van der Waals surface area contributed by atoms with Gasteiger partial charge in [0, 0.05) is 37.8 Å². The standard InChI is InChI=1S/C33H37N3O2/c1-25(29-17-10-14-26-13-6-7-15-30(26)29)35(2)23-24-36-21-19-28(20-22-36)38-33(37)34-32-18-9-8-16-31(32)27-11-4-3-5-12-27/h3-18,25,28H,19-24H2,1-2H3,(H,34,37). The van der Waals surface area contributed by atoms with E-state index in [0.717, 1.165) is 55.8 Å². The largest absolute Gasteiger partial charge is 0.446 e. The van der Waals surface area contributed by atoms with Crippen molar-refractivity contribution in [3.05, 3.63) is 103 Å². The Morgan fingerprint density at radius 3 is 2.42 bits per heavy atom. The lowest BCUT2D eigenvalue weighted by molar-refractivity contribution is 0.0553. The maximum absolute atomic E-state index is 12.7. The van der Waals surface area contributed by atoms with E-state index in [-0.39, 0.29) is 12.2 Å². The minimum atomic E-state index is -0.379. The number of likely N-dealkylation sites (tertiary alicyclic amines) is 1. The summed E-state index contributed by atoms with van der Waals surface area (Å²) >= 11 is 0. The number of nitrogens with one attached hydrogen (secondary N) is 1. The zero-order valence-corrected chi connectivity index (χ0v) is 22.3. The molecule has 1 aliphatic heterocycles. The highest BCUT2D eigenvalue weighted by Gasteiger charge is 2.23. The molecule has 1 unspecified atom stereocenters. The van der Waals surface area contributed by atoms with Crippen LogP contribution in [0.3, 0.4) is 0 Å². The van der Waals surface area contributed by atoms with Gasteiger partial charge in [-0.25, -0.2) is 4.79 Å². The molecule has 5 heteroatoms. The third-order valence-corrected chi connectivity index (χ3v) is 7.76. The van der Waals surface area contributed by atoms with Gasteiger partial charge in [-0.2, -0.15) is 0 Å². The molecule has 5 nitrogen and oxygen atoms in total. The number of piperidine rings is 1. The van der Waals surface area contributed by atoms with E-state index in [9.17, 15) is 4.79 Å². The second-order valence-electron chi connectivity index (χ2n) is 10.2. The highest BCUT2D eigenvalue weighted by atomic mass is 16.6. The van der Waals surface area contributed by atoms with Crippen molar-refractivity contribution in [2.24, 2.45) is 0 Å². The highest BCUT2D eigenvalue weighted by Crippen LogP contribution is 2.29. The first-order valence-electron chi connectivity index (χ1n) is 13.6. The first kappa shape index (κ1) is 26.0. The van der Waals surface area contributed by atoms with Gasteiger partial charge in [0.2, 0.25) is 0 Å². The molecule has 1 heterocycles. The quantitative estimate of drug-likeness (QED) is 0.274. The van der Waals surface area contributed by atoms with Crippen LogP contribution in [0.5, 0.6) is 0 Å². The Bertz CT molecular complexity index is 1340. The Morgan fingerprint density at radius 1 is 0.921 bits per heavy atom. The van der Waals surface area contributed by atoms with Gasteiger partial charge < -0.3 is 9.64 Å². The van der Waals surface area contributed by atoms with Gasteiger partial charge in [-0.1, -0.05) is 91.0 Å². The number of ether oxygens (including phenoxy) is 1. The van der Waals surface area contributed by atoms with Crippen molar-refractivity contribution in [2.45, 2.75) is 31.9 Å². The van der Waals surface area contributed by atoms with Crippen LogP contribution in [0.1, 0.15) is 31.4 Å². The third kappa shape index (κ3) is 6.24. The number of nitrogens with zero attached hydrogens (tertiary/aromatic N) is 2. The first-order valence-corrected chi connectivity index (χ1v) is 13.6. The van der Waals surface area contributed by atoms with Crippen molar-refractivity contribution in [3.63, 3.8) is 0 Å². The molecule has 0 saturated carbocycles. The lowest BCUT2D eigenvalue weighted by Gasteiger charge is -2.34. The predicted molar refractivity (Wildman–Crippen MR) is 156 cm³/mol. The van der Waals surface area contributed by atoms with Gasteiger partial charge in [-0.15, -0.1) is 0 Å². The van der Waals surface area contributed by atoms with Crippen LogP contribution in [-0.4, -0.2) is 55.2 Å². The van der Waals surface area contributed by atoms with E-state index in [1.807, 2.05) is 54.6 Å². The molecule has 0 radical (unpaired) electrons. The number of likely N-dealkylation sites (N-methyl/N-ethyl adjacent to an activating group) is 1. The fourth-order valence-corrected chi connectivity index (χ4v) is 5.35. The molecule has 4 aromatic carbocycles. The molecule has 0 aliphatic carbocycles.